The van der Waals surface area contributed by atoms with Gasteiger partial charge in [-0.3, -0.25) is 9.69 Å². The van der Waals surface area contributed by atoms with E-state index in [4.69, 9.17) is 0 Å². The van der Waals surface area contributed by atoms with Crippen LogP contribution in [0.25, 0.3) is 0 Å². The van der Waals surface area contributed by atoms with Gasteiger partial charge in [0, 0.05) is 13.0 Å². The van der Waals surface area contributed by atoms with Crippen LogP contribution in [0, 0.1) is 0 Å². The molecule has 0 N–H and O–H groups in total. The molecule has 0 saturated carbocycles. The number of Topliss-reactive ketones (excluding diaryl/α,β-unsaturated/α-hetero) is 1. The van der Waals surface area contributed by atoms with Crippen molar-refractivity contribution in [2.75, 3.05) is 13.1 Å². The molecule has 1 fully saturated rings. The van der Waals surface area contributed by atoms with E-state index < -0.39 is 0 Å². The van der Waals surface area contributed by atoms with Gasteiger partial charge in [-0.1, -0.05) is 12.2 Å². The van der Waals surface area contributed by atoms with Crippen molar-refractivity contribution in [3.05, 3.63) is 12.2 Å². The molecule has 2 aliphatic heterocycles. The number of carbonyl (C=O) groups excluding carboxylic acids is 1. The Morgan fingerprint density at radius 2 is 2.25 bits per heavy atom. The average Bonchev–Trinajstić information content (AvgIpc) is 2.31. The van der Waals surface area contributed by atoms with Crippen molar-refractivity contribution in [1.29, 1.82) is 0 Å². The van der Waals surface area contributed by atoms with Crippen LogP contribution in [0.15, 0.2) is 12.2 Å². The van der Waals surface area contributed by atoms with Crippen LogP contribution in [0.1, 0.15) is 25.7 Å². The van der Waals surface area contributed by atoms with Crippen LogP contribution in [0.3, 0.4) is 0 Å². The van der Waals surface area contributed by atoms with Gasteiger partial charge in [0.1, 0.15) is 0 Å². The number of allylic oxidation sites excluding steroid dienone is 1. The highest BCUT2D eigenvalue weighted by molar-refractivity contribution is 5.86. The van der Waals surface area contributed by atoms with Crippen LogP contribution < -0.4 is 0 Å². The minimum Gasteiger partial charge on any atom is -0.298 e. The Bertz CT molecular complexity index is 210. The van der Waals surface area contributed by atoms with Gasteiger partial charge in [-0.15, -0.1) is 0 Å². The monoisotopic (exact) mass is 165 g/mol. The first kappa shape index (κ1) is 7.99. The highest BCUT2D eigenvalue weighted by Gasteiger charge is 2.30. The molecule has 2 heterocycles. The number of ketones is 1. The summed E-state index contributed by atoms with van der Waals surface area (Å²) < 4.78 is 0. The summed E-state index contributed by atoms with van der Waals surface area (Å²) in [7, 11) is 0. The van der Waals surface area contributed by atoms with Crippen molar-refractivity contribution in [2.24, 2.45) is 0 Å². The predicted molar refractivity (Wildman–Crippen MR) is 48.0 cm³/mol. The van der Waals surface area contributed by atoms with E-state index in [9.17, 15) is 4.79 Å². The molecule has 0 unspecified atom stereocenters. The Morgan fingerprint density at radius 1 is 1.33 bits per heavy atom. The summed E-state index contributed by atoms with van der Waals surface area (Å²) in [6.45, 7) is 2.11. The fraction of sp³-hybridized carbons (Fsp3) is 0.700. The fourth-order valence-electron chi connectivity index (χ4n) is 2.08. The van der Waals surface area contributed by atoms with Crippen molar-refractivity contribution >= 4 is 5.78 Å². The number of hydrogen-bond donors (Lipinski definition) is 0. The van der Waals surface area contributed by atoms with E-state index in [1.165, 1.54) is 12.8 Å². The molecule has 0 aromatic carbocycles. The van der Waals surface area contributed by atoms with Gasteiger partial charge in [0.25, 0.3) is 0 Å². The highest BCUT2D eigenvalue weighted by atomic mass is 16.1. The number of carbonyl (C=O) groups is 1. The molecular formula is C10H15NO. The third-order valence-corrected chi connectivity index (χ3v) is 2.80. The molecule has 2 aliphatic rings. The molecule has 2 nitrogen and oxygen atoms in total. The molecule has 0 aromatic rings. The summed E-state index contributed by atoms with van der Waals surface area (Å²) in [5, 5.41) is 0. The van der Waals surface area contributed by atoms with Gasteiger partial charge < -0.3 is 0 Å². The quantitative estimate of drug-likeness (QED) is 0.505. The molecule has 2 rings (SSSR count). The largest absolute Gasteiger partial charge is 0.298 e. The molecule has 1 saturated heterocycles. The minimum absolute atomic E-state index is 0.224. The van der Waals surface area contributed by atoms with E-state index in [2.05, 4.69) is 17.1 Å². The Hall–Kier alpha value is -0.630. The molecule has 0 aliphatic carbocycles. The Morgan fingerprint density at radius 3 is 3.17 bits per heavy atom. The van der Waals surface area contributed by atoms with E-state index in [-0.39, 0.29) is 6.04 Å². The number of rotatable bonds is 0. The first-order valence-electron chi connectivity index (χ1n) is 4.80. The second-order valence-corrected chi connectivity index (χ2v) is 3.62. The van der Waals surface area contributed by atoms with E-state index in [0.29, 0.717) is 5.78 Å². The molecule has 0 radical (unpaired) electrons. The second kappa shape index (κ2) is 3.40. The first-order chi connectivity index (χ1) is 5.88. The first-order valence-corrected chi connectivity index (χ1v) is 4.80. The SMILES string of the molecule is O=C1CCN2CCC/C=C\C[C@H]12. The van der Waals surface area contributed by atoms with Gasteiger partial charge in [-0.05, 0) is 25.8 Å². The lowest BCUT2D eigenvalue weighted by Gasteiger charge is -2.23. The molecule has 2 heteroatoms. The lowest BCUT2D eigenvalue weighted by atomic mass is 10.1. The third-order valence-electron chi connectivity index (χ3n) is 2.80. The van der Waals surface area contributed by atoms with Crippen molar-refractivity contribution < 1.29 is 4.79 Å². The zero-order valence-corrected chi connectivity index (χ0v) is 7.33. The number of hydrogen-bond acceptors (Lipinski definition) is 2. The van der Waals surface area contributed by atoms with E-state index in [0.717, 1.165) is 25.9 Å². The Kier molecular flexibility index (Phi) is 2.26. The van der Waals surface area contributed by atoms with Crippen LogP contribution >= 0.6 is 0 Å². The standard InChI is InChI=1S/C10H15NO/c12-10-6-8-11-7-4-2-1-3-5-9(10)11/h1,3,9H,2,4-8H2/b3-1-/t9-/m1/s1. The normalized spacial score (nSPS) is 34.0. The molecular weight excluding hydrogens is 150 g/mol. The summed E-state index contributed by atoms with van der Waals surface area (Å²) in [6, 6.07) is 0.224. The number of fused-ring (bicyclic) bond motifs is 1. The summed E-state index contributed by atoms with van der Waals surface area (Å²) in [5.74, 6) is 0.446. The summed E-state index contributed by atoms with van der Waals surface area (Å²) in [5.41, 5.74) is 0. The van der Waals surface area contributed by atoms with Gasteiger partial charge in [0.15, 0.2) is 5.78 Å². The molecule has 0 amide bonds. The summed E-state index contributed by atoms with van der Waals surface area (Å²) in [4.78, 5) is 13.7. The van der Waals surface area contributed by atoms with E-state index in [1.807, 2.05) is 0 Å². The molecule has 0 aromatic heterocycles. The van der Waals surface area contributed by atoms with Crippen LogP contribution in [-0.2, 0) is 4.79 Å². The van der Waals surface area contributed by atoms with Crippen molar-refractivity contribution in [3.63, 3.8) is 0 Å². The maximum atomic E-state index is 11.4. The van der Waals surface area contributed by atoms with Gasteiger partial charge in [-0.2, -0.15) is 0 Å². The lowest BCUT2D eigenvalue weighted by molar-refractivity contribution is -0.119. The van der Waals surface area contributed by atoms with Crippen LogP contribution in [-0.4, -0.2) is 29.8 Å². The third kappa shape index (κ3) is 1.44. The smallest absolute Gasteiger partial charge is 0.151 e. The molecule has 66 valence electrons. The zero-order chi connectivity index (χ0) is 8.39. The topological polar surface area (TPSA) is 20.3 Å². The highest BCUT2D eigenvalue weighted by Crippen LogP contribution is 2.19. The molecule has 0 spiro atoms. The van der Waals surface area contributed by atoms with Gasteiger partial charge in [0.2, 0.25) is 0 Å². The van der Waals surface area contributed by atoms with Gasteiger partial charge in [-0.25, -0.2) is 0 Å². The maximum absolute atomic E-state index is 11.4. The average molecular weight is 165 g/mol. The van der Waals surface area contributed by atoms with Crippen molar-refractivity contribution in [3.8, 4) is 0 Å². The Balaban J connectivity index is 2.08. The maximum Gasteiger partial charge on any atom is 0.151 e. The van der Waals surface area contributed by atoms with Crippen LogP contribution in [0.5, 0.6) is 0 Å². The zero-order valence-electron chi connectivity index (χ0n) is 7.33. The predicted octanol–water partition coefficient (Wildman–Crippen LogP) is 1.37. The summed E-state index contributed by atoms with van der Waals surface area (Å²) in [6.07, 6.45) is 8.48. The lowest BCUT2D eigenvalue weighted by Crippen LogP contribution is -2.33. The van der Waals surface area contributed by atoms with Crippen molar-refractivity contribution in [2.45, 2.75) is 31.7 Å². The molecule has 12 heavy (non-hydrogen) atoms. The minimum atomic E-state index is 0.224. The summed E-state index contributed by atoms with van der Waals surface area (Å²) >= 11 is 0. The fourth-order valence-corrected chi connectivity index (χ4v) is 2.08. The van der Waals surface area contributed by atoms with E-state index >= 15 is 0 Å². The molecule has 0 bridgehead atoms. The van der Waals surface area contributed by atoms with Gasteiger partial charge >= 0.3 is 0 Å². The number of nitrogens with zero attached hydrogens (tertiary/aromatic N) is 1. The van der Waals surface area contributed by atoms with Crippen LogP contribution in [0.2, 0.25) is 0 Å². The molecule has 1 atom stereocenters. The van der Waals surface area contributed by atoms with E-state index in [1.54, 1.807) is 0 Å². The van der Waals surface area contributed by atoms with Crippen LogP contribution in [0.4, 0.5) is 0 Å². The Labute approximate surface area is 73.2 Å². The van der Waals surface area contributed by atoms with Crippen molar-refractivity contribution in [1.82, 2.24) is 4.90 Å². The second-order valence-electron chi connectivity index (χ2n) is 3.62. The van der Waals surface area contributed by atoms with Gasteiger partial charge in [0.05, 0.1) is 6.04 Å².